The van der Waals surface area contributed by atoms with Gasteiger partial charge in [0.05, 0.1) is 7.11 Å². The topological polar surface area (TPSA) is 54.5 Å². The number of aromatic nitrogens is 1. The second-order valence-corrected chi connectivity index (χ2v) is 6.17. The molecule has 2 aliphatic heterocycles. The first-order valence-corrected chi connectivity index (χ1v) is 7.70. The molecule has 4 rings (SSSR count). The van der Waals surface area contributed by atoms with Crippen LogP contribution in [0, 0.1) is 5.92 Å². The van der Waals surface area contributed by atoms with Gasteiger partial charge in [0.25, 0.3) is 5.91 Å². The van der Waals surface area contributed by atoms with Crippen LogP contribution in [0.1, 0.15) is 16.9 Å². The lowest BCUT2D eigenvalue weighted by atomic mass is 10.00. The first-order valence-electron chi connectivity index (χ1n) is 7.70. The van der Waals surface area contributed by atoms with Crippen LogP contribution in [0.15, 0.2) is 30.5 Å². The number of amides is 1. The standard InChI is InChI=1S/C17H19N3O2/c1-22-14-3-2-11-8-18-15(7-13(11)6-14)17(21)19-16-10-20-5-4-12(16)9-20/h2-3,6-8,12,16H,4-5,9-10H2,1H3,(H,19,21)/t12-,16?/m0/s1. The number of pyridine rings is 1. The van der Waals surface area contributed by atoms with Gasteiger partial charge in [-0.25, -0.2) is 0 Å². The Labute approximate surface area is 129 Å². The smallest absolute Gasteiger partial charge is 0.270 e. The van der Waals surface area contributed by atoms with Crippen molar-refractivity contribution in [2.45, 2.75) is 12.5 Å². The minimum atomic E-state index is -0.0801. The summed E-state index contributed by atoms with van der Waals surface area (Å²) < 4.78 is 5.24. The molecule has 2 unspecified atom stereocenters. The summed E-state index contributed by atoms with van der Waals surface area (Å²) in [6, 6.07) is 7.88. The third-order valence-electron chi connectivity index (χ3n) is 4.81. The van der Waals surface area contributed by atoms with Gasteiger partial charge in [-0.2, -0.15) is 0 Å². The average molecular weight is 297 g/mol. The van der Waals surface area contributed by atoms with Crippen molar-refractivity contribution < 1.29 is 9.53 Å². The van der Waals surface area contributed by atoms with E-state index in [4.69, 9.17) is 4.74 Å². The Morgan fingerprint density at radius 2 is 2.23 bits per heavy atom. The number of benzene rings is 1. The highest BCUT2D eigenvalue weighted by atomic mass is 16.5. The molecular formula is C17H19N3O2. The minimum absolute atomic E-state index is 0.0801. The lowest BCUT2D eigenvalue weighted by Gasteiger charge is -2.22. The molecule has 2 saturated heterocycles. The Morgan fingerprint density at radius 1 is 1.32 bits per heavy atom. The van der Waals surface area contributed by atoms with Crippen LogP contribution in [0.2, 0.25) is 0 Å². The van der Waals surface area contributed by atoms with E-state index in [0.717, 1.165) is 29.6 Å². The molecule has 2 bridgehead atoms. The zero-order valence-electron chi connectivity index (χ0n) is 12.6. The van der Waals surface area contributed by atoms with Gasteiger partial charge in [-0.15, -0.1) is 0 Å². The Balaban J connectivity index is 1.56. The maximum absolute atomic E-state index is 12.5. The first kappa shape index (κ1) is 13.5. The molecule has 2 fully saturated rings. The lowest BCUT2D eigenvalue weighted by Crippen LogP contribution is -2.43. The number of ether oxygens (including phenoxy) is 1. The van der Waals surface area contributed by atoms with Gasteiger partial charge in [0.15, 0.2) is 0 Å². The van der Waals surface area contributed by atoms with Gasteiger partial charge in [0.1, 0.15) is 11.4 Å². The van der Waals surface area contributed by atoms with Crippen LogP contribution in [-0.2, 0) is 0 Å². The summed E-state index contributed by atoms with van der Waals surface area (Å²) in [5.41, 5.74) is 0.471. The van der Waals surface area contributed by atoms with Crippen LogP contribution < -0.4 is 10.1 Å². The molecule has 3 heterocycles. The highest BCUT2D eigenvalue weighted by molar-refractivity contribution is 5.96. The maximum Gasteiger partial charge on any atom is 0.270 e. The molecule has 0 saturated carbocycles. The van der Waals surface area contributed by atoms with Crippen LogP contribution in [-0.4, -0.2) is 48.6 Å². The number of carbonyl (C=O) groups is 1. The van der Waals surface area contributed by atoms with Gasteiger partial charge < -0.3 is 15.0 Å². The van der Waals surface area contributed by atoms with Crippen LogP contribution in [0.3, 0.4) is 0 Å². The fourth-order valence-corrected chi connectivity index (χ4v) is 3.56. The van der Waals surface area contributed by atoms with Crippen LogP contribution in [0.4, 0.5) is 0 Å². The minimum Gasteiger partial charge on any atom is -0.497 e. The third-order valence-corrected chi connectivity index (χ3v) is 4.81. The highest BCUT2D eigenvalue weighted by Gasteiger charge is 2.38. The molecule has 5 heteroatoms. The number of hydrogen-bond donors (Lipinski definition) is 1. The highest BCUT2D eigenvalue weighted by Crippen LogP contribution is 2.28. The summed E-state index contributed by atoms with van der Waals surface area (Å²) in [6.45, 7) is 3.26. The van der Waals surface area contributed by atoms with Gasteiger partial charge in [-0.05, 0) is 48.5 Å². The second-order valence-electron chi connectivity index (χ2n) is 6.17. The molecule has 0 radical (unpaired) electrons. The number of nitrogens with zero attached hydrogens (tertiary/aromatic N) is 2. The van der Waals surface area contributed by atoms with Crippen molar-refractivity contribution >= 4 is 16.7 Å². The van der Waals surface area contributed by atoms with E-state index in [1.807, 2.05) is 24.3 Å². The van der Waals surface area contributed by atoms with E-state index in [2.05, 4.69) is 15.2 Å². The van der Waals surface area contributed by atoms with Crippen molar-refractivity contribution in [3.05, 3.63) is 36.2 Å². The number of hydrogen-bond acceptors (Lipinski definition) is 4. The molecule has 0 spiro atoms. The molecule has 0 aliphatic carbocycles. The molecule has 5 nitrogen and oxygen atoms in total. The van der Waals surface area contributed by atoms with Crippen molar-refractivity contribution in [1.29, 1.82) is 0 Å². The van der Waals surface area contributed by atoms with E-state index in [0.29, 0.717) is 11.6 Å². The Hall–Kier alpha value is -2.14. The molecule has 1 N–H and O–H groups in total. The summed E-state index contributed by atoms with van der Waals surface area (Å²) in [4.78, 5) is 19.2. The van der Waals surface area contributed by atoms with Crippen LogP contribution in [0.25, 0.3) is 10.8 Å². The van der Waals surface area contributed by atoms with Gasteiger partial charge in [-0.1, -0.05) is 0 Å². The van der Waals surface area contributed by atoms with Crippen molar-refractivity contribution in [3.8, 4) is 5.75 Å². The van der Waals surface area contributed by atoms with Gasteiger partial charge in [0.2, 0.25) is 0 Å². The number of fused-ring (bicyclic) bond motifs is 3. The predicted octanol–water partition coefficient (Wildman–Crippen LogP) is 1.68. The van der Waals surface area contributed by atoms with Gasteiger partial charge >= 0.3 is 0 Å². The second kappa shape index (κ2) is 5.25. The Morgan fingerprint density at radius 3 is 2.95 bits per heavy atom. The van der Waals surface area contributed by atoms with E-state index < -0.39 is 0 Å². The Bertz CT molecular complexity index is 731. The zero-order valence-corrected chi connectivity index (χ0v) is 12.6. The molecular weight excluding hydrogens is 278 g/mol. The van der Waals surface area contributed by atoms with E-state index in [-0.39, 0.29) is 11.9 Å². The van der Waals surface area contributed by atoms with Crippen molar-refractivity contribution in [2.24, 2.45) is 5.92 Å². The largest absolute Gasteiger partial charge is 0.497 e. The quantitative estimate of drug-likeness (QED) is 0.936. The van der Waals surface area contributed by atoms with Crippen LogP contribution in [0.5, 0.6) is 5.75 Å². The SMILES string of the molecule is COc1ccc2cnc(C(=O)NC3CN4CC[C@H]3C4)cc2c1. The molecule has 1 aromatic heterocycles. The molecule has 1 aromatic carbocycles. The number of piperidine rings is 1. The number of nitrogens with one attached hydrogen (secondary N) is 1. The monoisotopic (exact) mass is 297 g/mol. The summed E-state index contributed by atoms with van der Waals surface area (Å²) in [6.07, 6.45) is 2.93. The molecule has 3 atom stereocenters. The van der Waals surface area contributed by atoms with E-state index >= 15 is 0 Å². The summed E-state index contributed by atoms with van der Waals surface area (Å²) >= 11 is 0. The molecule has 2 aromatic rings. The van der Waals surface area contributed by atoms with Crippen molar-refractivity contribution in [3.63, 3.8) is 0 Å². The Kier molecular flexibility index (Phi) is 3.22. The van der Waals surface area contributed by atoms with Crippen LogP contribution >= 0.6 is 0 Å². The fourth-order valence-electron chi connectivity index (χ4n) is 3.56. The number of methoxy groups -OCH3 is 1. The average Bonchev–Trinajstić information content (AvgIpc) is 3.16. The maximum atomic E-state index is 12.5. The molecule has 1 amide bonds. The van der Waals surface area contributed by atoms with E-state index in [1.165, 1.54) is 13.0 Å². The van der Waals surface area contributed by atoms with E-state index in [1.54, 1.807) is 13.3 Å². The fraction of sp³-hybridized carbons (Fsp3) is 0.412. The van der Waals surface area contributed by atoms with Crippen molar-refractivity contribution in [2.75, 3.05) is 26.7 Å². The normalized spacial score (nSPS) is 26.3. The summed E-state index contributed by atoms with van der Waals surface area (Å²) in [5.74, 6) is 1.30. The zero-order chi connectivity index (χ0) is 15.1. The summed E-state index contributed by atoms with van der Waals surface area (Å²) in [7, 11) is 1.64. The van der Waals surface area contributed by atoms with E-state index in [9.17, 15) is 4.79 Å². The van der Waals surface area contributed by atoms with Gasteiger partial charge in [-0.3, -0.25) is 9.78 Å². The molecule has 22 heavy (non-hydrogen) atoms. The van der Waals surface area contributed by atoms with Gasteiger partial charge in [0, 0.05) is 30.7 Å². The molecule has 114 valence electrons. The predicted molar refractivity (Wildman–Crippen MR) is 84.1 cm³/mol. The first-order chi connectivity index (χ1) is 10.7. The molecule has 2 aliphatic rings. The lowest BCUT2D eigenvalue weighted by molar-refractivity contribution is 0.0919. The van der Waals surface area contributed by atoms with Crippen molar-refractivity contribution in [1.82, 2.24) is 15.2 Å². The third kappa shape index (κ3) is 2.31. The summed E-state index contributed by atoms with van der Waals surface area (Å²) in [5, 5.41) is 5.12. The number of carbonyl (C=O) groups excluding carboxylic acids is 1. The number of rotatable bonds is 3.